The third-order valence-corrected chi connectivity index (χ3v) is 2.69. The molecule has 1 aromatic heterocycles. The van der Waals surface area contributed by atoms with Gasteiger partial charge in [0.1, 0.15) is 11.8 Å². The summed E-state index contributed by atoms with van der Waals surface area (Å²) in [6, 6.07) is 1.00. The highest BCUT2D eigenvalue weighted by atomic mass is 19.2. The number of amides is 1. The number of halogens is 2. The molecule has 20 heavy (non-hydrogen) atoms. The van der Waals surface area contributed by atoms with Crippen LogP contribution >= 0.6 is 0 Å². The number of nitrogens with two attached hydrogens (primary N) is 1. The Kier molecular flexibility index (Phi) is 3.69. The van der Waals surface area contributed by atoms with Crippen molar-refractivity contribution in [2.45, 2.75) is 19.9 Å². The van der Waals surface area contributed by atoms with Crippen LogP contribution in [0.3, 0.4) is 0 Å². The van der Waals surface area contributed by atoms with Crippen LogP contribution in [0.5, 0.6) is 0 Å². The lowest BCUT2D eigenvalue weighted by atomic mass is 10.1. The quantitative estimate of drug-likeness (QED) is 0.846. The molecule has 0 saturated heterocycles. The maximum atomic E-state index is 13.1. The zero-order chi connectivity index (χ0) is 14.9. The molecule has 5 nitrogen and oxygen atoms in total. The van der Waals surface area contributed by atoms with Crippen LogP contribution in [0.4, 0.5) is 14.5 Å². The van der Waals surface area contributed by atoms with E-state index in [-0.39, 0.29) is 11.3 Å². The van der Waals surface area contributed by atoms with Gasteiger partial charge in [0.2, 0.25) is 5.89 Å². The predicted octanol–water partition coefficient (Wildman–Crippen LogP) is 2.33. The zero-order valence-electron chi connectivity index (χ0n) is 10.9. The molecule has 1 aromatic carbocycles. The van der Waals surface area contributed by atoms with Crippen molar-refractivity contribution in [3.63, 3.8) is 0 Å². The molecule has 0 saturated carbocycles. The molecule has 3 N–H and O–H groups in total. The van der Waals surface area contributed by atoms with Gasteiger partial charge in [0, 0.05) is 11.8 Å². The molecule has 0 aliphatic carbocycles. The number of nitrogens with one attached hydrogen (secondary N) is 1. The molecule has 1 heterocycles. The molecular formula is C13H13F2N3O2. The summed E-state index contributed by atoms with van der Waals surface area (Å²) in [5, 5.41) is 2.55. The predicted molar refractivity (Wildman–Crippen MR) is 67.9 cm³/mol. The number of aromatic nitrogens is 1. The molecule has 106 valence electrons. The molecular weight excluding hydrogens is 268 g/mol. The second-order valence-electron chi connectivity index (χ2n) is 4.36. The molecule has 2 rings (SSSR count). The van der Waals surface area contributed by atoms with Gasteiger partial charge < -0.3 is 15.5 Å². The molecule has 0 spiro atoms. The fourth-order valence-corrected chi connectivity index (χ4v) is 1.67. The van der Waals surface area contributed by atoms with Crippen LogP contribution in [0.25, 0.3) is 0 Å². The van der Waals surface area contributed by atoms with E-state index in [0.29, 0.717) is 11.7 Å². The number of aryl methyl sites for hydroxylation is 1. The number of oxazole rings is 1. The van der Waals surface area contributed by atoms with Crippen molar-refractivity contribution in [3.05, 3.63) is 47.2 Å². The third-order valence-electron chi connectivity index (χ3n) is 2.69. The number of carbonyl (C=O) groups excluding carboxylic acids is 1. The number of rotatable bonds is 3. The molecule has 0 aliphatic rings. The molecule has 1 amide bonds. The summed E-state index contributed by atoms with van der Waals surface area (Å²) in [6.07, 6.45) is 1.52. The van der Waals surface area contributed by atoms with Crippen molar-refractivity contribution in [2.75, 3.05) is 5.73 Å². The van der Waals surface area contributed by atoms with Crippen LogP contribution in [0.15, 0.2) is 22.7 Å². The first-order valence-corrected chi connectivity index (χ1v) is 5.86. The Labute approximate surface area is 113 Å². The van der Waals surface area contributed by atoms with E-state index in [0.717, 1.165) is 12.1 Å². The maximum Gasteiger partial charge on any atom is 0.254 e. The van der Waals surface area contributed by atoms with Gasteiger partial charge >= 0.3 is 0 Å². The highest BCUT2D eigenvalue weighted by Crippen LogP contribution is 2.19. The van der Waals surface area contributed by atoms with Gasteiger partial charge in [0.25, 0.3) is 5.91 Å². The Morgan fingerprint density at radius 3 is 2.65 bits per heavy atom. The van der Waals surface area contributed by atoms with Crippen molar-refractivity contribution in [1.82, 2.24) is 10.3 Å². The van der Waals surface area contributed by atoms with Gasteiger partial charge in [-0.1, -0.05) is 0 Å². The Morgan fingerprint density at radius 1 is 1.40 bits per heavy atom. The molecule has 0 bridgehead atoms. The highest BCUT2D eigenvalue weighted by Gasteiger charge is 2.19. The average molecular weight is 281 g/mol. The van der Waals surface area contributed by atoms with Crippen molar-refractivity contribution < 1.29 is 18.0 Å². The van der Waals surface area contributed by atoms with E-state index in [1.807, 2.05) is 0 Å². The second kappa shape index (κ2) is 5.28. The van der Waals surface area contributed by atoms with Gasteiger partial charge in [-0.25, -0.2) is 13.8 Å². The molecule has 0 fully saturated rings. The number of anilines is 1. The largest absolute Gasteiger partial charge is 0.444 e. The first kappa shape index (κ1) is 14.0. The van der Waals surface area contributed by atoms with Crippen LogP contribution in [-0.4, -0.2) is 10.9 Å². The average Bonchev–Trinajstić information content (AvgIpc) is 2.80. The van der Waals surface area contributed by atoms with E-state index in [1.165, 1.54) is 6.20 Å². The van der Waals surface area contributed by atoms with Gasteiger partial charge in [-0.2, -0.15) is 0 Å². The maximum absolute atomic E-state index is 13.1. The third kappa shape index (κ3) is 2.76. The molecule has 0 radical (unpaired) electrons. The fourth-order valence-electron chi connectivity index (χ4n) is 1.67. The van der Waals surface area contributed by atoms with Crippen molar-refractivity contribution in [3.8, 4) is 0 Å². The summed E-state index contributed by atoms with van der Waals surface area (Å²) in [5.74, 6) is -1.95. The summed E-state index contributed by atoms with van der Waals surface area (Å²) in [6.45, 7) is 3.37. The van der Waals surface area contributed by atoms with Gasteiger partial charge in [-0.05, 0) is 19.9 Å². The van der Waals surface area contributed by atoms with E-state index in [2.05, 4.69) is 10.3 Å². The summed E-state index contributed by atoms with van der Waals surface area (Å²) in [7, 11) is 0. The van der Waals surface area contributed by atoms with Gasteiger partial charge in [0.15, 0.2) is 11.6 Å². The molecule has 1 unspecified atom stereocenters. The first-order valence-electron chi connectivity index (χ1n) is 5.86. The van der Waals surface area contributed by atoms with Crippen LogP contribution in [0, 0.1) is 18.6 Å². The van der Waals surface area contributed by atoms with E-state index in [4.69, 9.17) is 10.2 Å². The lowest BCUT2D eigenvalue weighted by Crippen LogP contribution is -2.27. The standard InChI is InChI=1S/C13H13F2N3O2/c1-6-5-17-13(20-6)7(2)18-12(19)8-3-9(14)10(15)4-11(8)16/h3-5,7H,16H2,1-2H3,(H,18,19). The summed E-state index contributed by atoms with van der Waals surface area (Å²) in [4.78, 5) is 15.9. The number of hydrogen-bond acceptors (Lipinski definition) is 4. The van der Waals surface area contributed by atoms with Crippen LogP contribution < -0.4 is 11.1 Å². The van der Waals surface area contributed by atoms with E-state index in [1.54, 1.807) is 13.8 Å². The Balaban J connectivity index is 2.18. The normalized spacial score (nSPS) is 12.2. The van der Waals surface area contributed by atoms with Crippen LogP contribution in [0.2, 0.25) is 0 Å². The Hall–Kier alpha value is -2.44. The molecule has 2 aromatic rings. The number of nitrogen functional groups attached to an aromatic ring is 1. The van der Waals surface area contributed by atoms with Crippen molar-refractivity contribution in [1.29, 1.82) is 0 Å². The van der Waals surface area contributed by atoms with Crippen molar-refractivity contribution in [2.24, 2.45) is 0 Å². The van der Waals surface area contributed by atoms with Crippen LogP contribution in [0.1, 0.15) is 35.0 Å². The minimum Gasteiger partial charge on any atom is -0.444 e. The van der Waals surface area contributed by atoms with E-state index >= 15 is 0 Å². The number of hydrogen-bond donors (Lipinski definition) is 2. The fraction of sp³-hybridized carbons (Fsp3) is 0.231. The summed E-state index contributed by atoms with van der Waals surface area (Å²) >= 11 is 0. The topological polar surface area (TPSA) is 81.2 Å². The smallest absolute Gasteiger partial charge is 0.254 e. The number of benzene rings is 1. The molecule has 0 aliphatic heterocycles. The van der Waals surface area contributed by atoms with Gasteiger partial charge in [-0.15, -0.1) is 0 Å². The lowest BCUT2D eigenvalue weighted by Gasteiger charge is -2.12. The first-order chi connectivity index (χ1) is 9.38. The van der Waals surface area contributed by atoms with Gasteiger partial charge in [0.05, 0.1) is 11.8 Å². The zero-order valence-corrected chi connectivity index (χ0v) is 10.9. The monoisotopic (exact) mass is 281 g/mol. The molecule has 1 atom stereocenters. The SMILES string of the molecule is Cc1cnc(C(C)NC(=O)c2cc(F)c(F)cc2N)o1. The second-order valence-corrected chi connectivity index (χ2v) is 4.36. The Morgan fingerprint density at radius 2 is 2.05 bits per heavy atom. The van der Waals surface area contributed by atoms with Gasteiger partial charge in [-0.3, -0.25) is 4.79 Å². The van der Waals surface area contributed by atoms with E-state index in [9.17, 15) is 13.6 Å². The number of carbonyl (C=O) groups is 1. The Bertz CT molecular complexity index is 655. The number of nitrogens with zero attached hydrogens (tertiary/aromatic N) is 1. The highest BCUT2D eigenvalue weighted by molar-refractivity contribution is 5.99. The van der Waals surface area contributed by atoms with Crippen LogP contribution in [-0.2, 0) is 0 Å². The van der Waals surface area contributed by atoms with E-state index < -0.39 is 23.6 Å². The molecule has 7 heteroatoms. The van der Waals surface area contributed by atoms with Crippen molar-refractivity contribution >= 4 is 11.6 Å². The summed E-state index contributed by atoms with van der Waals surface area (Å²) < 4.78 is 31.3. The minimum atomic E-state index is -1.14. The minimum absolute atomic E-state index is 0.140. The summed E-state index contributed by atoms with van der Waals surface area (Å²) in [5.41, 5.74) is 5.22. The lowest BCUT2D eigenvalue weighted by molar-refractivity contribution is 0.0934.